The molecule has 0 aromatic heterocycles. The van der Waals surface area contributed by atoms with Gasteiger partial charge in [0.05, 0.1) is 26.4 Å². The second kappa shape index (κ2) is 66.3. The molecule has 0 aliphatic rings. The van der Waals surface area contributed by atoms with E-state index in [4.69, 9.17) is 37.0 Å². The van der Waals surface area contributed by atoms with Crippen LogP contribution in [0.3, 0.4) is 0 Å². The van der Waals surface area contributed by atoms with Gasteiger partial charge in [0.15, 0.2) is 12.2 Å². The summed E-state index contributed by atoms with van der Waals surface area (Å²) in [6.45, 7) is 7.20. The molecular formula is C73H142O17P2. The van der Waals surface area contributed by atoms with E-state index in [-0.39, 0.29) is 25.7 Å². The van der Waals surface area contributed by atoms with E-state index < -0.39 is 97.5 Å². The number of carbonyl (C=O) groups excluding carboxylic acids is 4. The van der Waals surface area contributed by atoms with Gasteiger partial charge in [-0.25, -0.2) is 9.13 Å². The van der Waals surface area contributed by atoms with Gasteiger partial charge in [0, 0.05) is 25.7 Å². The molecule has 0 aliphatic carbocycles. The van der Waals surface area contributed by atoms with Crippen molar-refractivity contribution in [3.63, 3.8) is 0 Å². The molecule has 0 bridgehead atoms. The summed E-state index contributed by atoms with van der Waals surface area (Å²) in [7, 11) is -9.90. The Hall–Kier alpha value is -1.94. The summed E-state index contributed by atoms with van der Waals surface area (Å²) in [6.07, 6.45) is 54.3. The van der Waals surface area contributed by atoms with Gasteiger partial charge < -0.3 is 33.8 Å². The molecule has 3 N–H and O–H groups in total. The molecule has 0 amide bonds. The Kier molecular flexibility index (Phi) is 64.9. The average Bonchev–Trinajstić information content (AvgIpc) is 2.31. The van der Waals surface area contributed by atoms with E-state index in [0.29, 0.717) is 25.7 Å². The first-order valence-electron chi connectivity index (χ1n) is 38.1. The summed E-state index contributed by atoms with van der Waals surface area (Å²) in [4.78, 5) is 72.5. The molecule has 0 rings (SSSR count). The molecule has 0 radical (unpaired) electrons. The lowest BCUT2D eigenvalue weighted by Crippen LogP contribution is -2.30. The van der Waals surface area contributed by atoms with Crippen LogP contribution in [0.1, 0.15) is 381 Å². The average molecular weight is 1350 g/mol. The summed E-state index contributed by atoms with van der Waals surface area (Å²) < 4.78 is 68.3. The number of aliphatic hydroxyl groups is 1. The molecule has 0 spiro atoms. The molecule has 0 aromatic carbocycles. The van der Waals surface area contributed by atoms with E-state index in [1.807, 2.05) is 0 Å². The van der Waals surface area contributed by atoms with Crippen LogP contribution in [0.25, 0.3) is 0 Å². The van der Waals surface area contributed by atoms with Crippen molar-refractivity contribution in [3.05, 3.63) is 0 Å². The van der Waals surface area contributed by atoms with Gasteiger partial charge in [-0.15, -0.1) is 0 Å². The second-order valence-corrected chi connectivity index (χ2v) is 29.7. The van der Waals surface area contributed by atoms with E-state index in [1.165, 1.54) is 193 Å². The van der Waals surface area contributed by atoms with Crippen LogP contribution in [0, 0.1) is 5.92 Å². The maximum Gasteiger partial charge on any atom is 0.472 e. The highest BCUT2D eigenvalue weighted by atomic mass is 31.2. The van der Waals surface area contributed by atoms with Gasteiger partial charge in [-0.05, 0) is 31.6 Å². The Morgan fingerprint density at radius 2 is 0.500 bits per heavy atom. The molecule has 92 heavy (non-hydrogen) atoms. The number of esters is 4. The van der Waals surface area contributed by atoms with Gasteiger partial charge in [0.1, 0.15) is 19.3 Å². The fourth-order valence-electron chi connectivity index (χ4n) is 11.2. The lowest BCUT2D eigenvalue weighted by atomic mass is 10.0. The van der Waals surface area contributed by atoms with Gasteiger partial charge in [0.2, 0.25) is 0 Å². The predicted molar refractivity (Wildman–Crippen MR) is 372 cm³/mol. The topological polar surface area (TPSA) is 237 Å². The van der Waals surface area contributed by atoms with E-state index in [2.05, 4.69) is 34.6 Å². The van der Waals surface area contributed by atoms with Crippen LogP contribution in [0.5, 0.6) is 0 Å². The van der Waals surface area contributed by atoms with Crippen LogP contribution in [0.2, 0.25) is 0 Å². The lowest BCUT2D eigenvalue weighted by molar-refractivity contribution is -0.161. The second-order valence-electron chi connectivity index (χ2n) is 26.8. The van der Waals surface area contributed by atoms with E-state index in [0.717, 1.165) is 109 Å². The smallest absolute Gasteiger partial charge is 0.462 e. The van der Waals surface area contributed by atoms with Crippen molar-refractivity contribution >= 4 is 39.5 Å². The third-order valence-electron chi connectivity index (χ3n) is 17.0. The zero-order chi connectivity index (χ0) is 67.7. The fourth-order valence-corrected chi connectivity index (χ4v) is 12.8. The number of aliphatic hydroxyl groups excluding tert-OH is 1. The summed E-state index contributed by atoms with van der Waals surface area (Å²) in [6, 6.07) is 0. The van der Waals surface area contributed by atoms with E-state index >= 15 is 0 Å². The molecule has 0 aliphatic heterocycles. The first-order chi connectivity index (χ1) is 44.5. The third-order valence-corrected chi connectivity index (χ3v) is 18.9. The Bertz CT molecular complexity index is 1770. The maximum absolute atomic E-state index is 13.0. The number of unbranched alkanes of at least 4 members (excludes halogenated alkanes) is 45. The number of phosphoric ester groups is 2. The number of hydrogen-bond acceptors (Lipinski definition) is 15. The number of ether oxygens (including phenoxy) is 4. The molecule has 0 saturated carbocycles. The highest BCUT2D eigenvalue weighted by Gasteiger charge is 2.30. The first kappa shape index (κ1) is 90.1. The van der Waals surface area contributed by atoms with Gasteiger partial charge in [-0.3, -0.25) is 37.3 Å². The van der Waals surface area contributed by atoms with E-state index in [1.54, 1.807) is 0 Å². The summed E-state index contributed by atoms with van der Waals surface area (Å²) in [5, 5.41) is 10.6. The van der Waals surface area contributed by atoms with Crippen molar-refractivity contribution in [2.24, 2.45) is 5.92 Å². The minimum absolute atomic E-state index is 0.105. The molecule has 0 aromatic rings. The summed E-state index contributed by atoms with van der Waals surface area (Å²) in [5.74, 6) is -1.39. The quantitative estimate of drug-likeness (QED) is 0.0222. The van der Waals surface area contributed by atoms with Crippen LogP contribution < -0.4 is 0 Å². The van der Waals surface area contributed by atoms with Crippen molar-refractivity contribution in [1.29, 1.82) is 0 Å². The highest BCUT2D eigenvalue weighted by molar-refractivity contribution is 7.47. The van der Waals surface area contributed by atoms with Crippen LogP contribution >= 0.6 is 15.6 Å². The van der Waals surface area contributed by atoms with Crippen molar-refractivity contribution in [3.8, 4) is 0 Å². The van der Waals surface area contributed by atoms with E-state index in [9.17, 15) is 43.2 Å². The van der Waals surface area contributed by atoms with Crippen molar-refractivity contribution < 1.29 is 80.2 Å². The SMILES string of the molecule is CCCCCCCCCCCCCCCCCCCCCCC(=O)O[C@H](COC(=O)CCCCCCCCCCCCCCC)COP(=O)(O)OC[C@@H](O)COP(=O)(O)OC[C@@H](COC(=O)CCCCCCCCC)OC(=O)CCCCCCCCCCCC(C)C. The van der Waals surface area contributed by atoms with Crippen LogP contribution in [0.15, 0.2) is 0 Å². The molecule has 0 saturated heterocycles. The molecule has 0 heterocycles. The number of rotatable bonds is 73. The molecular weight excluding hydrogens is 1210 g/mol. The predicted octanol–water partition coefficient (Wildman–Crippen LogP) is 21.3. The van der Waals surface area contributed by atoms with Crippen LogP contribution in [0.4, 0.5) is 0 Å². The van der Waals surface area contributed by atoms with Crippen molar-refractivity contribution in [2.45, 2.75) is 400 Å². The van der Waals surface area contributed by atoms with Gasteiger partial charge in [-0.1, -0.05) is 330 Å². The molecule has 546 valence electrons. The Labute approximate surface area is 562 Å². The Morgan fingerprint density at radius 1 is 0.293 bits per heavy atom. The van der Waals surface area contributed by atoms with Gasteiger partial charge in [0.25, 0.3) is 0 Å². The Balaban J connectivity index is 5.17. The normalized spacial score (nSPS) is 14.0. The van der Waals surface area contributed by atoms with Gasteiger partial charge >= 0.3 is 39.5 Å². The maximum atomic E-state index is 13.0. The highest BCUT2D eigenvalue weighted by Crippen LogP contribution is 2.45. The number of hydrogen-bond donors (Lipinski definition) is 3. The minimum atomic E-state index is -4.95. The molecule has 5 atom stereocenters. The first-order valence-corrected chi connectivity index (χ1v) is 41.1. The standard InChI is InChI=1S/C73H142O17P2/c1-6-9-12-15-18-20-22-24-25-26-27-28-29-30-32-34-38-43-48-53-58-72(77)90-69(63-84-71(76)57-52-47-42-37-33-31-23-21-19-16-13-10-7-2)65-88-92(81,82)86-61-67(74)60-85-91(79,80)87-64-68(62-83-70(75)56-51-46-40-17-14-11-8-3)89-73(78)59-54-49-44-39-35-36-41-45-50-55-66(4)5/h66-69,74H,6-65H2,1-5H3,(H,79,80)(H,81,82)/t67-,68+,69+/m0/s1. The van der Waals surface area contributed by atoms with Crippen LogP contribution in [-0.4, -0.2) is 96.7 Å². The fraction of sp³-hybridized carbons (Fsp3) is 0.945. The zero-order valence-corrected chi connectivity index (χ0v) is 61.5. The molecule has 19 heteroatoms. The summed E-state index contributed by atoms with van der Waals surface area (Å²) >= 11 is 0. The lowest BCUT2D eigenvalue weighted by Gasteiger charge is -2.21. The minimum Gasteiger partial charge on any atom is -0.462 e. The van der Waals surface area contributed by atoms with Gasteiger partial charge in [-0.2, -0.15) is 0 Å². The molecule has 17 nitrogen and oxygen atoms in total. The zero-order valence-electron chi connectivity index (χ0n) is 59.7. The van der Waals surface area contributed by atoms with Crippen molar-refractivity contribution in [2.75, 3.05) is 39.6 Å². The van der Waals surface area contributed by atoms with Crippen LogP contribution in [-0.2, 0) is 65.4 Å². The number of phosphoric acid groups is 2. The Morgan fingerprint density at radius 3 is 0.739 bits per heavy atom. The number of carbonyl (C=O) groups is 4. The summed E-state index contributed by atoms with van der Waals surface area (Å²) in [5.41, 5.74) is 0. The molecule has 0 fully saturated rings. The monoisotopic (exact) mass is 1350 g/mol. The third kappa shape index (κ3) is 66.7. The van der Waals surface area contributed by atoms with Crippen molar-refractivity contribution in [1.82, 2.24) is 0 Å². The molecule has 2 unspecified atom stereocenters. The largest absolute Gasteiger partial charge is 0.472 e.